The van der Waals surface area contributed by atoms with Gasteiger partial charge in [-0.15, -0.1) is 11.1 Å². The van der Waals surface area contributed by atoms with Gasteiger partial charge in [-0.2, -0.15) is 24.3 Å². The van der Waals surface area contributed by atoms with E-state index in [4.69, 9.17) is 69.6 Å². The van der Waals surface area contributed by atoms with Gasteiger partial charge in [0.05, 0.1) is 0 Å². The van der Waals surface area contributed by atoms with E-state index in [2.05, 4.69) is 0 Å². The van der Waals surface area contributed by atoms with Gasteiger partial charge in [0, 0.05) is 0 Å². The molecular formula is C12H8Cl6Co. The van der Waals surface area contributed by atoms with Crippen molar-refractivity contribution in [3.63, 3.8) is 0 Å². The SMILES string of the molecule is ClC(Cl)(Cl)[c-]1cccc1.ClC(Cl)(Cl)[c-]1cccc1.[Co+2]. The Morgan fingerprint density at radius 2 is 0.737 bits per heavy atom. The molecule has 0 aliphatic carbocycles. The van der Waals surface area contributed by atoms with E-state index in [1.165, 1.54) is 0 Å². The van der Waals surface area contributed by atoms with Gasteiger partial charge in [-0.3, -0.25) is 0 Å². The predicted molar refractivity (Wildman–Crippen MR) is 82.5 cm³/mol. The Morgan fingerprint density at radius 3 is 0.842 bits per heavy atom. The molecule has 2 rings (SSSR count). The van der Waals surface area contributed by atoms with Crippen molar-refractivity contribution in [1.29, 1.82) is 0 Å². The maximum absolute atomic E-state index is 5.53. The van der Waals surface area contributed by atoms with Gasteiger partial charge in [0.25, 0.3) is 0 Å². The van der Waals surface area contributed by atoms with Crippen LogP contribution in [0.4, 0.5) is 0 Å². The number of alkyl halides is 6. The molecule has 0 aliphatic heterocycles. The molecular weight excluding hydrogens is 416 g/mol. The fourth-order valence-electron chi connectivity index (χ4n) is 1.13. The molecule has 0 aromatic heterocycles. The van der Waals surface area contributed by atoms with Crippen LogP contribution in [0.5, 0.6) is 0 Å². The van der Waals surface area contributed by atoms with Crippen molar-refractivity contribution in [2.75, 3.05) is 0 Å². The Labute approximate surface area is 152 Å². The van der Waals surface area contributed by atoms with E-state index < -0.39 is 7.59 Å². The van der Waals surface area contributed by atoms with Gasteiger partial charge in [-0.25, -0.2) is 24.3 Å². The Balaban J connectivity index is 0.000000324. The predicted octanol–water partition coefficient (Wildman–Crippen LogP) is 6.46. The van der Waals surface area contributed by atoms with E-state index in [1.807, 2.05) is 24.3 Å². The summed E-state index contributed by atoms with van der Waals surface area (Å²) in [6, 6.07) is 14.4. The second kappa shape index (κ2) is 8.40. The van der Waals surface area contributed by atoms with E-state index in [-0.39, 0.29) is 16.8 Å². The maximum atomic E-state index is 5.53. The monoisotopic (exact) mass is 421 g/mol. The molecule has 1 radical (unpaired) electrons. The topological polar surface area (TPSA) is 0 Å². The molecule has 0 bridgehead atoms. The van der Waals surface area contributed by atoms with Crippen LogP contribution >= 0.6 is 69.6 Å². The number of halogens is 6. The normalized spacial score (nSPS) is 11.3. The summed E-state index contributed by atoms with van der Waals surface area (Å²) < 4.78 is -2.52. The standard InChI is InChI=1S/2C6H4Cl3.Co/c2*7-6(8,9)5-3-1-2-4-5;/h2*1-4H;/q2*-1;+2. The average Bonchev–Trinajstić information content (AvgIpc) is 2.91. The molecule has 0 heterocycles. The largest absolute Gasteiger partial charge is 2.00 e. The molecule has 2 aromatic carbocycles. The molecule has 107 valence electrons. The molecule has 0 unspecified atom stereocenters. The number of hydrogen-bond acceptors (Lipinski definition) is 0. The Morgan fingerprint density at radius 1 is 0.526 bits per heavy atom. The zero-order chi connectivity index (χ0) is 13.8. The second-order valence-electron chi connectivity index (χ2n) is 3.34. The van der Waals surface area contributed by atoms with E-state index in [0.717, 1.165) is 0 Å². The average molecular weight is 424 g/mol. The summed E-state index contributed by atoms with van der Waals surface area (Å²) in [6.45, 7) is 0. The fourth-order valence-corrected chi connectivity index (χ4v) is 1.88. The summed E-state index contributed by atoms with van der Waals surface area (Å²) in [4.78, 5) is 0. The third kappa shape index (κ3) is 7.49. The minimum Gasteiger partial charge on any atom is -0.213 e. The van der Waals surface area contributed by atoms with Crippen LogP contribution in [0.1, 0.15) is 11.1 Å². The molecule has 0 amide bonds. The van der Waals surface area contributed by atoms with Gasteiger partial charge in [0.1, 0.15) is 0 Å². The quantitative estimate of drug-likeness (QED) is 0.337. The summed E-state index contributed by atoms with van der Waals surface area (Å²) in [5.41, 5.74) is 1.43. The van der Waals surface area contributed by atoms with Gasteiger partial charge < -0.3 is 0 Å². The summed E-state index contributed by atoms with van der Waals surface area (Å²) in [7, 11) is 0. The van der Waals surface area contributed by atoms with Crippen LogP contribution in [0.25, 0.3) is 0 Å². The van der Waals surface area contributed by atoms with Crippen LogP contribution in [0.2, 0.25) is 0 Å². The van der Waals surface area contributed by atoms with Crippen LogP contribution in [-0.2, 0) is 24.4 Å². The molecule has 7 heteroatoms. The molecule has 0 atom stereocenters. The van der Waals surface area contributed by atoms with Crippen LogP contribution in [0.15, 0.2) is 48.5 Å². The van der Waals surface area contributed by atoms with Gasteiger partial charge in [-0.05, 0) is 0 Å². The second-order valence-corrected chi connectivity index (χ2v) is 7.91. The first kappa shape index (κ1) is 19.9. The first-order valence-corrected chi connectivity index (χ1v) is 7.06. The first-order chi connectivity index (χ1) is 8.21. The maximum Gasteiger partial charge on any atom is 2.00 e. The van der Waals surface area contributed by atoms with Crippen molar-refractivity contribution in [2.24, 2.45) is 0 Å². The summed E-state index contributed by atoms with van der Waals surface area (Å²) in [5, 5.41) is 0. The van der Waals surface area contributed by atoms with Gasteiger partial charge in [-0.1, -0.05) is 69.6 Å². The Hall–Kier alpha value is 0.946. The molecule has 0 nitrogen and oxygen atoms in total. The molecule has 19 heavy (non-hydrogen) atoms. The minimum atomic E-state index is -1.26. The van der Waals surface area contributed by atoms with E-state index in [9.17, 15) is 0 Å². The smallest absolute Gasteiger partial charge is 0.213 e. The Bertz CT molecular complexity index is 391. The summed E-state index contributed by atoms with van der Waals surface area (Å²) in [6.07, 6.45) is 0. The molecule has 0 N–H and O–H groups in total. The van der Waals surface area contributed by atoms with Crippen molar-refractivity contribution in [3.05, 3.63) is 59.7 Å². The van der Waals surface area contributed by atoms with Crippen LogP contribution in [-0.4, -0.2) is 0 Å². The Kier molecular flexibility index (Phi) is 8.82. The van der Waals surface area contributed by atoms with E-state index >= 15 is 0 Å². The molecule has 0 saturated carbocycles. The van der Waals surface area contributed by atoms with Gasteiger partial charge in [0.2, 0.25) is 0 Å². The third-order valence-corrected chi connectivity index (χ3v) is 3.29. The molecule has 0 saturated heterocycles. The molecule has 2 aromatic rings. The van der Waals surface area contributed by atoms with Crippen molar-refractivity contribution in [1.82, 2.24) is 0 Å². The van der Waals surface area contributed by atoms with Crippen molar-refractivity contribution >= 4 is 69.6 Å². The summed E-state index contributed by atoms with van der Waals surface area (Å²) in [5.74, 6) is 0. The van der Waals surface area contributed by atoms with Crippen molar-refractivity contribution < 1.29 is 16.8 Å². The number of hydrogen-bond donors (Lipinski definition) is 0. The van der Waals surface area contributed by atoms with Crippen molar-refractivity contribution in [3.8, 4) is 0 Å². The number of rotatable bonds is 0. The minimum absolute atomic E-state index is 0. The molecule has 0 fully saturated rings. The van der Waals surface area contributed by atoms with Crippen LogP contribution in [0, 0.1) is 0 Å². The van der Waals surface area contributed by atoms with E-state index in [1.54, 1.807) is 24.3 Å². The van der Waals surface area contributed by atoms with Crippen LogP contribution < -0.4 is 0 Å². The van der Waals surface area contributed by atoms with Gasteiger partial charge in [0.15, 0.2) is 7.59 Å². The van der Waals surface area contributed by atoms with Crippen molar-refractivity contribution in [2.45, 2.75) is 7.59 Å². The van der Waals surface area contributed by atoms with Crippen LogP contribution in [0.3, 0.4) is 0 Å². The zero-order valence-electron chi connectivity index (χ0n) is 9.22. The van der Waals surface area contributed by atoms with E-state index in [0.29, 0.717) is 11.1 Å². The zero-order valence-corrected chi connectivity index (χ0v) is 14.8. The fraction of sp³-hybridized carbons (Fsp3) is 0.167. The first-order valence-electron chi connectivity index (χ1n) is 4.79. The molecule has 0 spiro atoms. The third-order valence-electron chi connectivity index (χ3n) is 1.98. The molecule has 0 aliphatic rings. The summed E-state index contributed by atoms with van der Waals surface area (Å²) >= 11 is 33.2. The van der Waals surface area contributed by atoms with Gasteiger partial charge >= 0.3 is 16.8 Å².